The molecule has 0 radical (unpaired) electrons. The van der Waals surface area contributed by atoms with Crippen molar-refractivity contribution in [3.63, 3.8) is 0 Å². The van der Waals surface area contributed by atoms with Crippen LogP contribution < -0.4 is 5.73 Å². The lowest BCUT2D eigenvalue weighted by atomic mass is 10.2. The summed E-state index contributed by atoms with van der Waals surface area (Å²) in [6.45, 7) is 11.6. The van der Waals surface area contributed by atoms with E-state index in [9.17, 15) is 4.79 Å². The van der Waals surface area contributed by atoms with Crippen LogP contribution >= 0.6 is 0 Å². The van der Waals surface area contributed by atoms with Gasteiger partial charge >= 0.3 is 0 Å². The number of nitrogens with zero attached hydrogens (tertiary/aromatic N) is 2. The molecule has 0 bridgehead atoms. The van der Waals surface area contributed by atoms with Crippen molar-refractivity contribution in [3.8, 4) is 0 Å². The molecule has 1 fully saturated rings. The summed E-state index contributed by atoms with van der Waals surface area (Å²) in [5.74, 6) is 0.0670. The molecule has 1 saturated heterocycles. The monoisotopic (exact) mass is 271 g/mol. The molecule has 0 spiro atoms. The number of ether oxygens (including phenoxy) is 1. The second-order valence-electron chi connectivity index (χ2n) is 5.11. The highest BCUT2D eigenvalue weighted by Gasteiger charge is 2.28. The SMILES string of the molecule is CC[C@H](N)C(=O)N1CCC(OCCN(CC)CC)C1. The van der Waals surface area contributed by atoms with Crippen LogP contribution in [0.4, 0.5) is 0 Å². The molecular formula is C14H29N3O2. The Morgan fingerprint density at radius 2 is 2.11 bits per heavy atom. The van der Waals surface area contributed by atoms with Crippen LogP contribution in [0.1, 0.15) is 33.6 Å². The van der Waals surface area contributed by atoms with Crippen molar-refractivity contribution < 1.29 is 9.53 Å². The first-order valence-corrected chi connectivity index (χ1v) is 7.50. The molecule has 1 heterocycles. The number of likely N-dealkylation sites (tertiary alicyclic amines) is 1. The topological polar surface area (TPSA) is 58.8 Å². The molecule has 1 rings (SSSR count). The van der Waals surface area contributed by atoms with Gasteiger partial charge in [-0.2, -0.15) is 0 Å². The van der Waals surface area contributed by atoms with E-state index in [4.69, 9.17) is 10.5 Å². The van der Waals surface area contributed by atoms with E-state index in [2.05, 4.69) is 18.7 Å². The molecule has 0 aliphatic carbocycles. The van der Waals surface area contributed by atoms with E-state index in [0.29, 0.717) is 13.0 Å². The zero-order chi connectivity index (χ0) is 14.3. The molecule has 19 heavy (non-hydrogen) atoms. The maximum atomic E-state index is 11.9. The van der Waals surface area contributed by atoms with E-state index in [1.807, 2.05) is 11.8 Å². The standard InChI is InChI=1S/C14H29N3O2/c1-4-13(15)14(18)17-8-7-12(11-17)19-10-9-16(5-2)6-3/h12-13H,4-11,15H2,1-3H3/t12?,13-/m0/s1. The summed E-state index contributed by atoms with van der Waals surface area (Å²) in [7, 11) is 0. The van der Waals surface area contributed by atoms with Crippen LogP contribution in [0, 0.1) is 0 Å². The number of likely N-dealkylation sites (N-methyl/N-ethyl adjacent to an activating group) is 1. The third-order valence-corrected chi connectivity index (χ3v) is 3.87. The van der Waals surface area contributed by atoms with Gasteiger partial charge in [-0.3, -0.25) is 4.79 Å². The highest BCUT2D eigenvalue weighted by atomic mass is 16.5. The van der Waals surface area contributed by atoms with E-state index in [1.165, 1.54) is 0 Å². The number of nitrogens with two attached hydrogens (primary N) is 1. The van der Waals surface area contributed by atoms with Gasteiger partial charge in [0.15, 0.2) is 0 Å². The fraction of sp³-hybridized carbons (Fsp3) is 0.929. The average molecular weight is 271 g/mol. The average Bonchev–Trinajstić information content (AvgIpc) is 2.90. The zero-order valence-electron chi connectivity index (χ0n) is 12.6. The third-order valence-electron chi connectivity index (χ3n) is 3.87. The van der Waals surface area contributed by atoms with Gasteiger partial charge < -0.3 is 20.3 Å². The van der Waals surface area contributed by atoms with Crippen molar-refractivity contribution in [2.24, 2.45) is 5.73 Å². The minimum atomic E-state index is -0.352. The molecular weight excluding hydrogens is 242 g/mol. The quantitative estimate of drug-likeness (QED) is 0.705. The van der Waals surface area contributed by atoms with Gasteiger partial charge in [-0.15, -0.1) is 0 Å². The van der Waals surface area contributed by atoms with E-state index in [0.717, 1.165) is 39.2 Å². The molecule has 2 N–H and O–H groups in total. The normalized spacial score (nSPS) is 21.1. The van der Waals surface area contributed by atoms with Crippen LogP contribution in [0.3, 0.4) is 0 Å². The highest BCUT2D eigenvalue weighted by Crippen LogP contribution is 2.14. The van der Waals surface area contributed by atoms with Crippen molar-refractivity contribution in [2.45, 2.75) is 45.8 Å². The Morgan fingerprint density at radius 1 is 1.42 bits per heavy atom. The van der Waals surface area contributed by atoms with Crippen LogP contribution in [0.25, 0.3) is 0 Å². The fourth-order valence-electron chi connectivity index (χ4n) is 2.36. The van der Waals surface area contributed by atoms with Gasteiger partial charge in [0.2, 0.25) is 5.91 Å². The molecule has 2 atom stereocenters. The van der Waals surface area contributed by atoms with Crippen molar-refractivity contribution >= 4 is 5.91 Å². The van der Waals surface area contributed by atoms with Gasteiger partial charge in [-0.25, -0.2) is 0 Å². The number of amides is 1. The molecule has 1 unspecified atom stereocenters. The molecule has 0 aromatic carbocycles. The van der Waals surface area contributed by atoms with Crippen molar-refractivity contribution in [2.75, 3.05) is 39.3 Å². The summed E-state index contributed by atoms with van der Waals surface area (Å²) in [6.07, 6.45) is 1.81. The second kappa shape index (κ2) is 8.51. The Hall–Kier alpha value is -0.650. The van der Waals surface area contributed by atoms with Crippen LogP contribution in [-0.4, -0.2) is 67.2 Å². The van der Waals surface area contributed by atoms with Crippen LogP contribution in [0.15, 0.2) is 0 Å². The zero-order valence-corrected chi connectivity index (χ0v) is 12.6. The van der Waals surface area contributed by atoms with Crippen LogP contribution in [-0.2, 0) is 9.53 Å². The summed E-state index contributed by atoms with van der Waals surface area (Å²) in [6, 6.07) is -0.352. The summed E-state index contributed by atoms with van der Waals surface area (Å²) in [5.41, 5.74) is 5.78. The Kier molecular flexibility index (Phi) is 7.34. The molecule has 0 aromatic rings. The molecule has 0 saturated carbocycles. The van der Waals surface area contributed by atoms with E-state index < -0.39 is 0 Å². The number of hydrogen-bond acceptors (Lipinski definition) is 4. The highest BCUT2D eigenvalue weighted by molar-refractivity contribution is 5.81. The number of hydrogen-bond donors (Lipinski definition) is 1. The van der Waals surface area contributed by atoms with E-state index in [1.54, 1.807) is 0 Å². The minimum absolute atomic E-state index is 0.0670. The van der Waals surface area contributed by atoms with Crippen LogP contribution in [0.2, 0.25) is 0 Å². The largest absolute Gasteiger partial charge is 0.375 e. The predicted molar refractivity (Wildman–Crippen MR) is 77.0 cm³/mol. The molecule has 1 aliphatic heterocycles. The first-order chi connectivity index (χ1) is 9.12. The van der Waals surface area contributed by atoms with Gasteiger partial charge in [0, 0.05) is 19.6 Å². The second-order valence-corrected chi connectivity index (χ2v) is 5.11. The summed E-state index contributed by atoms with van der Waals surface area (Å²) < 4.78 is 5.85. The molecule has 112 valence electrons. The Morgan fingerprint density at radius 3 is 2.68 bits per heavy atom. The van der Waals surface area contributed by atoms with Crippen molar-refractivity contribution in [1.82, 2.24) is 9.80 Å². The number of rotatable bonds is 8. The van der Waals surface area contributed by atoms with Gasteiger partial charge in [-0.1, -0.05) is 20.8 Å². The first-order valence-electron chi connectivity index (χ1n) is 7.50. The van der Waals surface area contributed by atoms with Crippen LogP contribution in [0.5, 0.6) is 0 Å². The van der Waals surface area contributed by atoms with Gasteiger partial charge in [0.25, 0.3) is 0 Å². The van der Waals surface area contributed by atoms with E-state index >= 15 is 0 Å². The molecule has 0 aromatic heterocycles. The lowest BCUT2D eigenvalue weighted by molar-refractivity contribution is -0.132. The van der Waals surface area contributed by atoms with Crippen molar-refractivity contribution in [3.05, 3.63) is 0 Å². The van der Waals surface area contributed by atoms with Gasteiger partial charge in [0.05, 0.1) is 18.8 Å². The number of carbonyl (C=O) groups excluding carboxylic acids is 1. The molecule has 1 aliphatic rings. The van der Waals surface area contributed by atoms with E-state index in [-0.39, 0.29) is 18.1 Å². The Labute approximate surface area is 117 Å². The Bertz CT molecular complexity index is 269. The summed E-state index contributed by atoms with van der Waals surface area (Å²) >= 11 is 0. The van der Waals surface area contributed by atoms with Crippen molar-refractivity contribution in [1.29, 1.82) is 0 Å². The molecule has 1 amide bonds. The lowest BCUT2D eigenvalue weighted by Gasteiger charge is -2.21. The smallest absolute Gasteiger partial charge is 0.239 e. The maximum Gasteiger partial charge on any atom is 0.239 e. The molecule has 5 nitrogen and oxygen atoms in total. The molecule has 5 heteroatoms. The predicted octanol–water partition coefficient (Wildman–Crippen LogP) is 0.683. The lowest BCUT2D eigenvalue weighted by Crippen LogP contribution is -2.42. The first kappa shape index (κ1) is 16.4. The van der Waals surface area contributed by atoms with Gasteiger partial charge in [-0.05, 0) is 25.9 Å². The number of carbonyl (C=O) groups is 1. The maximum absolute atomic E-state index is 11.9. The Balaban J connectivity index is 2.23. The minimum Gasteiger partial charge on any atom is -0.375 e. The summed E-state index contributed by atoms with van der Waals surface area (Å²) in [4.78, 5) is 16.1. The third kappa shape index (κ3) is 5.09. The summed E-state index contributed by atoms with van der Waals surface area (Å²) in [5, 5.41) is 0. The fourth-order valence-corrected chi connectivity index (χ4v) is 2.36. The van der Waals surface area contributed by atoms with Gasteiger partial charge in [0.1, 0.15) is 0 Å².